The second-order valence-corrected chi connectivity index (χ2v) is 5.61. The summed E-state index contributed by atoms with van der Waals surface area (Å²) in [7, 11) is 0. The van der Waals surface area contributed by atoms with E-state index in [1.165, 1.54) is 5.56 Å². The van der Waals surface area contributed by atoms with Crippen LogP contribution in [-0.2, 0) is 6.42 Å². The molecule has 0 aliphatic carbocycles. The molecule has 0 aliphatic heterocycles. The van der Waals surface area contributed by atoms with Crippen LogP contribution < -0.4 is 11.3 Å². The van der Waals surface area contributed by atoms with Crippen molar-refractivity contribution < 1.29 is 0 Å². The highest BCUT2D eigenvalue weighted by molar-refractivity contribution is 5.49. The quantitative estimate of drug-likeness (QED) is 0.843. The van der Waals surface area contributed by atoms with Gasteiger partial charge in [-0.1, -0.05) is 13.8 Å². The molecule has 0 radical (unpaired) electrons. The summed E-state index contributed by atoms with van der Waals surface area (Å²) in [5.41, 5.74) is 11.7. The number of aromatic amines is 1. The minimum Gasteiger partial charge on any atom is -0.399 e. The fraction of sp³-hybridized carbons (Fsp3) is 0.375. The Balaban J connectivity index is 2.41. The maximum Gasteiger partial charge on any atom is 0.267 e. The predicted octanol–water partition coefficient (Wildman–Crippen LogP) is 2.68. The van der Waals surface area contributed by atoms with Gasteiger partial charge in [-0.15, -0.1) is 0 Å². The van der Waals surface area contributed by atoms with Crippen LogP contribution in [0.3, 0.4) is 0 Å². The summed E-state index contributed by atoms with van der Waals surface area (Å²) in [5.74, 6) is 0.189. The van der Waals surface area contributed by atoms with Crippen molar-refractivity contribution in [2.45, 2.75) is 40.0 Å². The van der Waals surface area contributed by atoms with Gasteiger partial charge in [0.05, 0.1) is 5.69 Å². The number of hydrogen-bond donors (Lipinski definition) is 2. The van der Waals surface area contributed by atoms with Crippen LogP contribution in [0.1, 0.15) is 47.7 Å². The number of nitrogens with one attached hydrogen (secondary N) is 1. The van der Waals surface area contributed by atoms with Crippen LogP contribution in [0.5, 0.6) is 0 Å². The van der Waals surface area contributed by atoms with Crippen LogP contribution in [0.4, 0.5) is 5.69 Å². The lowest BCUT2D eigenvalue weighted by atomic mass is 9.96. The fourth-order valence-corrected chi connectivity index (χ4v) is 2.47. The maximum absolute atomic E-state index is 11.7. The lowest BCUT2D eigenvalue weighted by molar-refractivity contribution is 0.800. The standard InChI is InChI=1S/C16H21N3O/c1-9(2)14-7-13(18-19-16(14)20)8-15-10(3)5-12(17)6-11(15)4/h5-7,9H,8,17H2,1-4H3,(H,19,20). The van der Waals surface area contributed by atoms with Crippen molar-refractivity contribution in [2.24, 2.45) is 0 Å². The van der Waals surface area contributed by atoms with Crippen LogP contribution in [0.2, 0.25) is 0 Å². The molecule has 0 unspecified atom stereocenters. The first kappa shape index (κ1) is 14.3. The zero-order chi connectivity index (χ0) is 14.9. The van der Waals surface area contributed by atoms with E-state index in [4.69, 9.17) is 5.73 Å². The SMILES string of the molecule is Cc1cc(N)cc(C)c1Cc1cc(C(C)C)c(=O)[nH]n1. The first-order valence-corrected chi connectivity index (χ1v) is 6.82. The van der Waals surface area contributed by atoms with Gasteiger partial charge in [0.15, 0.2) is 0 Å². The number of aromatic nitrogens is 2. The Kier molecular flexibility index (Phi) is 3.93. The summed E-state index contributed by atoms with van der Waals surface area (Å²) in [5, 5.41) is 6.74. The molecule has 4 heteroatoms. The molecule has 0 bridgehead atoms. The molecule has 2 aromatic rings. The lowest BCUT2D eigenvalue weighted by Crippen LogP contribution is -2.17. The summed E-state index contributed by atoms with van der Waals surface area (Å²) < 4.78 is 0. The van der Waals surface area contributed by atoms with Gasteiger partial charge in [0.2, 0.25) is 0 Å². The van der Waals surface area contributed by atoms with Crippen LogP contribution >= 0.6 is 0 Å². The highest BCUT2D eigenvalue weighted by Crippen LogP contribution is 2.21. The average molecular weight is 271 g/mol. The highest BCUT2D eigenvalue weighted by atomic mass is 16.1. The Labute approximate surface area is 119 Å². The molecular weight excluding hydrogens is 250 g/mol. The van der Waals surface area contributed by atoms with Gasteiger partial charge in [-0.2, -0.15) is 5.10 Å². The Morgan fingerprint density at radius 2 is 1.80 bits per heavy atom. The number of nitrogen functional groups attached to an aromatic ring is 1. The molecule has 106 valence electrons. The fourth-order valence-electron chi connectivity index (χ4n) is 2.47. The van der Waals surface area contributed by atoms with E-state index in [0.29, 0.717) is 6.42 Å². The van der Waals surface area contributed by atoms with E-state index >= 15 is 0 Å². The van der Waals surface area contributed by atoms with Gasteiger partial charge in [-0.3, -0.25) is 4.79 Å². The molecule has 0 spiro atoms. The largest absolute Gasteiger partial charge is 0.399 e. The van der Waals surface area contributed by atoms with E-state index in [-0.39, 0.29) is 11.5 Å². The zero-order valence-electron chi connectivity index (χ0n) is 12.4. The van der Waals surface area contributed by atoms with Crippen molar-refractivity contribution in [2.75, 3.05) is 5.73 Å². The number of hydrogen-bond acceptors (Lipinski definition) is 3. The molecule has 0 saturated carbocycles. The van der Waals surface area contributed by atoms with Crippen LogP contribution in [-0.4, -0.2) is 10.2 Å². The molecule has 1 aromatic carbocycles. The number of H-pyrrole nitrogens is 1. The molecular formula is C16H21N3O. The summed E-state index contributed by atoms with van der Waals surface area (Å²) in [6, 6.07) is 5.84. The van der Waals surface area contributed by atoms with Gasteiger partial charge < -0.3 is 5.73 Å². The van der Waals surface area contributed by atoms with Crippen LogP contribution in [0.25, 0.3) is 0 Å². The number of benzene rings is 1. The topological polar surface area (TPSA) is 71.8 Å². The number of rotatable bonds is 3. The second kappa shape index (κ2) is 5.49. The number of nitrogens with zero attached hydrogens (tertiary/aromatic N) is 1. The number of aryl methyl sites for hydroxylation is 2. The summed E-state index contributed by atoms with van der Waals surface area (Å²) in [6.45, 7) is 8.11. The summed E-state index contributed by atoms with van der Waals surface area (Å²) >= 11 is 0. The van der Waals surface area contributed by atoms with Crippen molar-refractivity contribution >= 4 is 5.69 Å². The van der Waals surface area contributed by atoms with E-state index in [9.17, 15) is 4.79 Å². The van der Waals surface area contributed by atoms with Crippen molar-refractivity contribution in [3.63, 3.8) is 0 Å². The third kappa shape index (κ3) is 2.90. The van der Waals surface area contributed by atoms with E-state index in [1.54, 1.807) is 0 Å². The number of anilines is 1. The smallest absolute Gasteiger partial charge is 0.267 e. The Morgan fingerprint density at radius 3 is 2.35 bits per heavy atom. The molecule has 4 nitrogen and oxygen atoms in total. The molecule has 0 fully saturated rings. The van der Waals surface area contributed by atoms with E-state index < -0.39 is 0 Å². The van der Waals surface area contributed by atoms with Gasteiger partial charge in [0.25, 0.3) is 5.56 Å². The molecule has 1 aromatic heterocycles. The van der Waals surface area contributed by atoms with Crippen molar-refractivity contribution in [1.82, 2.24) is 10.2 Å². The minimum absolute atomic E-state index is 0.102. The summed E-state index contributed by atoms with van der Waals surface area (Å²) in [6.07, 6.45) is 0.703. The second-order valence-electron chi connectivity index (χ2n) is 5.61. The van der Waals surface area contributed by atoms with Gasteiger partial charge in [-0.05, 0) is 54.7 Å². The first-order chi connectivity index (χ1) is 9.38. The van der Waals surface area contributed by atoms with Gasteiger partial charge in [0, 0.05) is 17.7 Å². The molecule has 3 N–H and O–H groups in total. The third-order valence-corrected chi connectivity index (χ3v) is 3.58. The zero-order valence-corrected chi connectivity index (χ0v) is 12.4. The van der Waals surface area contributed by atoms with Crippen molar-refractivity contribution in [1.29, 1.82) is 0 Å². The Hall–Kier alpha value is -2.10. The van der Waals surface area contributed by atoms with Gasteiger partial charge >= 0.3 is 0 Å². The van der Waals surface area contributed by atoms with E-state index in [0.717, 1.165) is 28.1 Å². The predicted molar refractivity (Wildman–Crippen MR) is 82.1 cm³/mol. The van der Waals surface area contributed by atoms with Crippen LogP contribution in [0, 0.1) is 13.8 Å². The number of nitrogens with two attached hydrogens (primary N) is 1. The molecule has 0 saturated heterocycles. The molecule has 20 heavy (non-hydrogen) atoms. The average Bonchev–Trinajstić information content (AvgIpc) is 2.35. The van der Waals surface area contributed by atoms with Gasteiger partial charge in [0.1, 0.15) is 0 Å². The van der Waals surface area contributed by atoms with Gasteiger partial charge in [-0.25, -0.2) is 5.10 Å². The molecule has 1 heterocycles. The highest BCUT2D eigenvalue weighted by Gasteiger charge is 2.10. The minimum atomic E-state index is -0.102. The normalized spacial score (nSPS) is 11.1. The summed E-state index contributed by atoms with van der Waals surface area (Å²) in [4.78, 5) is 11.7. The third-order valence-electron chi connectivity index (χ3n) is 3.58. The maximum atomic E-state index is 11.7. The van der Waals surface area contributed by atoms with E-state index in [1.807, 2.05) is 45.9 Å². The van der Waals surface area contributed by atoms with Crippen molar-refractivity contribution in [3.05, 3.63) is 56.5 Å². The van der Waals surface area contributed by atoms with Crippen LogP contribution in [0.15, 0.2) is 23.0 Å². The Bertz CT molecular complexity index is 663. The monoisotopic (exact) mass is 271 g/mol. The van der Waals surface area contributed by atoms with Crippen molar-refractivity contribution in [3.8, 4) is 0 Å². The first-order valence-electron chi connectivity index (χ1n) is 6.82. The van der Waals surface area contributed by atoms with E-state index in [2.05, 4.69) is 10.2 Å². The molecule has 0 atom stereocenters. The molecule has 0 aliphatic rings. The molecule has 2 rings (SSSR count). The Morgan fingerprint density at radius 1 is 1.20 bits per heavy atom. The molecule has 0 amide bonds. The lowest BCUT2D eigenvalue weighted by Gasteiger charge is -2.12.